The molecule has 2 rings (SSSR count). The quantitative estimate of drug-likeness (QED) is 0.834. The summed E-state index contributed by atoms with van der Waals surface area (Å²) in [4.78, 5) is 6.40. The van der Waals surface area contributed by atoms with Crippen LogP contribution in [0.1, 0.15) is 11.1 Å². The van der Waals surface area contributed by atoms with Crippen molar-refractivity contribution in [3.8, 4) is 17.0 Å². The van der Waals surface area contributed by atoms with E-state index in [1.807, 2.05) is 32.3 Å². The van der Waals surface area contributed by atoms with Gasteiger partial charge in [0.05, 0.1) is 11.9 Å². The predicted molar refractivity (Wildman–Crippen MR) is 82.0 cm³/mol. The summed E-state index contributed by atoms with van der Waals surface area (Å²) in [5, 5.41) is 0. The fourth-order valence-electron chi connectivity index (χ4n) is 2.04. The van der Waals surface area contributed by atoms with E-state index in [-0.39, 0.29) is 0 Å². The van der Waals surface area contributed by atoms with Crippen LogP contribution in [0.5, 0.6) is 5.75 Å². The van der Waals surface area contributed by atoms with Gasteiger partial charge in [0.25, 0.3) is 0 Å². The maximum Gasteiger partial charge on any atom is 0.122 e. The molecule has 0 atom stereocenters. The Morgan fingerprint density at radius 3 is 2.65 bits per heavy atom. The SMILES string of the molecule is Cc1cc(-c2ccc[c]n2)c(C)cc1OCCN(C)C. The Balaban J connectivity index is 2.21. The summed E-state index contributed by atoms with van der Waals surface area (Å²) in [5.41, 5.74) is 4.39. The maximum absolute atomic E-state index is 5.85. The van der Waals surface area contributed by atoms with Crippen LogP contribution in [-0.4, -0.2) is 37.1 Å². The molecule has 0 saturated heterocycles. The monoisotopic (exact) mass is 269 g/mol. The van der Waals surface area contributed by atoms with Crippen molar-refractivity contribution in [1.82, 2.24) is 9.88 Å². The van der Waals surface area contributed by atoms with E-state index in [1.165, 1.54) is 5.56 Å². The number of benzene rings is 1. The lowest BCUT2D eigenvalue weighted by Crippen LogP contribution is -2.19. The number of hydrogen-bond donors (Lipinski definition) is 0. The first-order valence-corrected chi connectivity index (χ1v) is 6.80. The van der Waals surface area contributed by atoms with E-state index in [0.29, 0.717) is 6.61 Å². The number of aryl methyl sites for hydroxylation is 2. The van der Waals surface area contributed by atoms with Crippen LogP contribution in [0.4, 0.5) is 0 Å². The van der Waals surface area contributed by atoms with Crippen molar-refractivity contribution in [1.29, 1.82) is 0 Å². The van der Waals surface area contributed by atoms with Crippen molar-refractivity contribution in [2.75, 3.05) is 27.2 Å². The normalized spacial score (nSPS) is 10.8. The average molecular weight is 269 g/mol. The topological polar surface area (TPSA) is 25.4 Å². The molecule has 0 aliphatic heterocycles. The summed E-state index contributed by atoms with van der Waals surface area (Å²) in [7, 11) is 4.09. The molecule has 1 aromatic carbocycles. The number of aromatic nitrogens is 1. The van der Waals surface area contributed by atoms with E-state index in [2.05, 4.69) is 42.1 Å². The highest BCUT2D eigenvalue weighted by atomic mass is 16.5. The molecule has 0 aliphatic carbocycles. The van der Waals surface area contributed by atoms with Gasteiger partial charge in [0.2, 0.25) is 0 Å². The van der Waals surface area contributed by atoms with Gasteiger partial charge in [0, 0.05) is 12.1 Å². The molecule has 0 N–H and O–H groups in total. The van der Waals surface area contributed by atoms with Gasteiger partial charge in [-0.1, -0.05) is 6.07 Å². The van der Waals surface area contributed by atoms with Gasteiger partial charge >= 0.3 is 0 Å². The Kier molecular flexibility index (Phi) is 4.74. The molecule has 1 aromatic heterocycles. The van der Waals surface area contributed by atoms with Gasteiger partial charge in [-0.25, -0.2) is 4.98 Å². The lowest BCUT2D eigenvalue weighted by atomic mass is 10.0. The molecule has 0 saturated carbocycles. The number of pyridine rings is 1. The highest BCUT2D eigenvalue weighted by Crippen LogP contribution is 2.28. The average Bonchev–Trinajstić information content (AvgIpc) is 2.43. The fourth-order valence-corrected chi connectivity index (χ4v) is 2.04. The Morgan fingerprint density at radius 1 is 1.20 bits per heavy atom. The highest BCUT2D eigenvalue weighted by Gasteiger charge is 2.08. The van der Waals surface area contributed by atoms with Crippen molar-refractivity contribution in [3.63, 3.8) is 0 Å². The fraction of sp³-hybridized carbons (Fsp3) is 0.353. The molecule has 0 fully saturated rings. The highest BCUT2D eigenvalue weighted by molar-refractivity contribution is 5.66. The standard InChI is InChI=1S/C17H21N2O/c1-13-12-17(20-10-9-19(3)4)14(2)11-15(13)16-7-5-6-8-18-16/h5-7,11-12H,9-10H2,1-4H3. The Labute approximate surface area is 121 Å². The molecule has 20 heavy (non-hydrogen) atoms. The molecule has 0 aliphatic rings. The molecule has 0 spiro atoms. The van der Waals surface area contributed by atoms with Crippen LogP contribution in [0.25, 0.3) is 11.3 Å². The first kappa shape index (κ1) is 14.5. The van der Waals surface area contributed by atoms with E-state index in [0.717, 1.165) is 29.1 Å². The second-order valence-corrected chi connectivity index (χ2v) is 5.24. The summed E-state index contributed by atoms with van der Waals surface area (Å²) >= 11 is 0. The van der Waals surface area contributed by atoms with E-state index in [1.54, 1.807) is 0 Å². The van der Waals surface area contributed by atoms with Crippen molar-refractivity contribution in [2.24, 2.45) is 0 Å². The molecule has 0 bridgehead atoms. The lowest BCUT2D eigenvalue weighted by molar-refractivity contribution is 0.260. The van der Waals surface area contributed by atoms with Gasteiger partial charge in [0.1, 0.15) is 12.4 Å². The molecule has 0 amide bonds. The van der Waals surface area contributed by atoms with Crippen LogP contribution in [0, 0.1) is 20.0 Å². The lowest BCUT2D eigenvalue weighted by Gasteiger charge is -2.15. The van der Waals surface area contributed by atoms with Crippen LogP contribution >= 0.6 is 0 Å². The number of hydrogen-bond acceptors (Lipinski definition) is 3. The number of rotatable bonds is 5. The molecular weight excluding hydrogens is 248 g/mol. The van der Waals surface area contributed by atoms with Gasteiger partial charge in [-0.05, 0) is 63.3 Å². The van der Waals surface area contributed by atoms with Gasteiger partial charge in [-0.3, -0.25) is 0 Å². The van der Waals surface area contributed by atoms with Crippen molar-refractivity contribution in [2.45, 2.75) is 13.8 Å². The summed E-state index contributed by atoms with van der Waals surface area (Å²) in [5.74, 6) is 0.952. The van der Waals surface area contributed by atoms with Gasteiger partial charge in [-0.2, -0.15) is 0 Å². The van der Waals surface area contributed by atoms with Crippen molar-refractivity contribution < 1.29 is 4.74 Å². The Hall–Kier alpha value is -1.87. The zero-order valence-electron chi connectivity index (χ0n) is 12.6. The van der Waals surface area contributed by atoms with Crippen LogP contribution in [0.3, 0.4) is 0 Å². The van der Waals surface area contributed by atoms with Gasteiger partial charge in [-0.15, -0.1) is 0 Å². The van der Waals surface area contributed by atoms with Crippen LogP contribution in [0.15, 0.2) is 30.3 Å². The second kappa shape index (κ2) is 6.53. The number of ether oxygens (including phenoxy) is 1. The van der Waals surface area contributed by atoms with Crippen LogP contribution < -0.4 is 4.74 Å². The Bertz CT molecular complexity index is 565. The van der Waals surface area contributed by atoms with Gasteiger partial charge in [0.15, 0.2) is 0 Å². The summed E-state index contributed by atoms with van der Waals surface area (Å²) < 4.78 is 5.85. The first-order valence-electron chi connectivity index (χ1n) is 6.80. The molecular formula is C17H21N2O. The minimum absolute atomic E-state index is 0.698. The molecule has 0 unspecified atom stereocenters. The van der Waals surface area contributed by atoms with E-state index in [9.17, 15) is 0 Å². The summed E-state index contributed by atoms with van der Waals surface area (Å²) in [6.07, 6.45) is 2.88. The minimum Gasteiger partial charge on any atom is -0.492 e. The maximum atomic E-state index is 5.85. The largest absolute Gasteiger partial charge is 0.492 e. The molecule has 105 valence electrons. The van der Waals surface area contributed by atoms with Crippen molar-refractivity contribution >= 4 is 0 Å². The third-order valence-corrected chi connectivity index (χ3v) is 3.20. The molecule has 1 radical (unpaired) electrons. The van der Waals surface area contributed by atoms with E-state index < -0.39 is 0 Å². The second-order valence-electron chi connectivity index (χ2n) is 5.24. The molecule has 1 heterocycles. The van der Waals surface area contributed by atoms with E-state index in [4.69, 9.17) is 4.74 Å². The molecule has 3 heteroatoms. The number of nitrogens with zero attached hydrogens (tertiary/aromatic N) is 2. The smallest absolute Gasteiger partial charge is 0.122 e. The Morgan fingerprint density at radius 2 is 2.00 bits per heavy atom. The first-order chi connectivity index (χ1) is 9.58. The number of likely N-dealkylation sites (N-methyl/N-ethyl adjacent to an activating group) is 1. The minimum atomic E-state index is 0.698. The third-order valence-electron chi connectivity index (χ3n) is 3.20. The molecule has 2 aromatic rings. The zero-order valence-corrected chi connectivity index (χ0v) is 12.6. The van der Waals surface area contributed by atoms with Crippen molar-refractivity contribution in [3.05, 3.63) is 47.7 Å². The third kappa shape index (κ3) is 3.58. The summed E-state index contributed by atoms with van der Waals surface area (Å²) in [6, 6.07) is 10.00. The van der Waals surface area contributed by atoms with E-state index >= 15 is 0 Å². The zero-order chi connectivity index (χ0) is 14.5. The van der Waals surface area contributed by atoms with Gasteiger partial charge < -0.3 is 9.64 Å². The van der Waals surface area contributed by atoms with Crippen LogP contribution in [0.2, 0.25) is 0 Å². The summed E-state index contributed by atoms with van der Waals surface area (Å²) in [6.45, 7) is 5.77. The van der Waals surface area contributed by atoms with Crippen LogP contribution in [-0.2, 0) is 0 Å². The molecule has 3 nitrogen and oxygen atoms in total. The predicted octanol–water partition coefficient (Wildman–Crippen LogP) is 3.11.